The Morgan fingerprint density at radius 3 is 2.08 bits per heavy atom. The van der Waals surface area contributed by atoms with E-state index in [0.717, 1.165) is 0 Å². The Balaban J connectivity index is 1.58. The molecule has 0 aromatic heterocycles. The first-order chi connectivity index (χ1) is 12.6. The van der Waals surface area contributed by atoms with Gasteiger partial charge in [0.05, 0.1) is 11.1 Å². The second-order valence-electron chi connectivity index (χ2n) is 5.42. The van der Waals surface area contributed by atoms with E-state index in [0.29, 0.717) is 11.5 Å². The van der Waals surface area contributed by atoms with Crippen LogP contribution in [0.3, 0.4) is 0 Å². The van der Waals surface area contributed by atoms with Gasteiger partial charge in [0, 0.05) is 0 Å². The molecule has 0 saturated heterocycles. The highest BCUT2D eigenvalue weighted by atomic mass is 19.1. The van der Waals surface area contributed by atoms with Crippen molar-refractivity contribution in [1.29, 1.82) is 0 Å². The first-order valence-electron chi connectivity index (χ1n) is 7.91. The van der Waals surface area contributed by atoms with Crippen molar-refractivity contribution < 1.29 is 23.5 Å². The molecule has 0 heterocycles. The molecule has 5 heteroatoms. The maximum absolute atomic E-state index is 13.5. The number of halogens is 1. The zero-order chi connectivity index (χ0) is 18.4. The molecule has 130 valence electrons. The van der Waals surface area contributed by atoms with E-state index < -0.39 is 24.2 Å². The highest BCUT2D eigenvalue weighted by Crippen LogP contribution is 2.21. The Morgan fingerprint density at radius 1 is 0.769 bits per heavy atom. The summed E-state index contributed by atoms with van der Waals surface area (Å²) in [6.45, 7) is -0.526. The van der Waals surface area contributed by atoms with Gasteiger partial charge in [-0.05, 0) is 48.5 Å². The summed E-state index contributed by atoms with van der Waals surface area (Å²) in [4.78, 5) is 23.9. The molecule has 0 spiro atoms. The second-order valence-corrected chi connectivity index (χ2v) is 5.42. The molecule has 0 aliphatic heterocycles. The van der Waals surface area contributed by atoms with Crippen LogP contribution < -0.4 is 4.74 Å². The van der Waals surface area contributed by atoms with Crippen molar-refractivity contribution in [3.8, 4) is 11.5 Å². The molecule has 0 bridgehead atoms. The lowest BCUT2D eigenvalue weighted by Gasteiger charge is -2.07. The first kappa shape index (κ1) is 17.4. The van der Waals surface area contributed by atoms with E-state index in [9.17, 15) is 14.0 Å². The van der Waals surface area contributed by atoms with Gasteiger partial charge in [0.15, 0.2) is 6.61 Å². The summed E-state index contributed by atoms with van der Waals surface area (Å²) in [5, 5.41) is 0. The van der Waals surface area contributed by atoms with E-state index in [-0.39, 0.29) is 11.1 Å². The summed E-state index contributed by atoms with van der Waals surface area (Å²) >= 11 is 0. The summed E-state index contributed by atoms with van der Waals surface area (Å²) in [6.07, 6.45) is 0. The van der Waals surface area contributed by atoms with Gasteiger partial charge in [-0.2, -0.15) is 0 Å². The number of para-hydroxylation sites is 1. The quantitative estimate of drug-likeness (QED) is 0.479. The van der Waals surface area contributed by atoms with Crippen molar-refractivity contribution in [2.75, 3.05) is 6.61 Å². The SMILES string of the molecule is O=C(OCC(=O)c1ccccc1F)c1ccc(Oc2ccccc2)cc1. The highest BCUT2D eigenvalue weighted by molar-refractivity contribution is 5.99. The molecule has 0 unspecified atom stereocenters. The van der Waals surface area contributed by atoms with Crippen LogP contribution in [0.4, 0.5) is 4.39 Å². The van der Waals surface area contributed by atoms with Crippen LogP contribution in [0.1, 0.15) is 20.7 Å². The molecular formula is C21H15FO4. The molecule has 0 atom stereocenters. The summed E-state index contributed by atoms with van der Waals surface area (Å²) in [5.41, 5.74) is 0.165. The number of esters is 1. The standard InChI is InChI=1S/C21H15FO4/c22-19-9-5-4-8-18(19)20(23)14-25-21(24)15-10-12-17(13-11-15)26-16-6-2-1-3-7-16/h1-13H,14H2. The molecule has 26 heavy (non-hydrogen) atoms. The summed E-state index contributed by atoms with van der Waals surface area (Å²) < 4.78 is 24.1. The third kappa shape index (κ3) is 4.33. The normalized spacial score (nSPS) is 10.2. The summed E-state index contributed by atoms with van der Waals surface area (Å²) in [5.74, 6) is -0.661. The van der Waals surface area contributed by atoms with Gasteiger partial charge < -0.3 is 9.47 Å². The number of hydrogen-bond donors (Lipinski definition) is 0. The fourth-order valence-corrected chi connectivity index (χ4v) is 2.26. The van der Waals surface area contributed by atoms with Gasteiger partial charge in [-0.3, -0.25) is 4.79 Å². The summed E-state index contributed by atoms with van der Waals surface area (Å²) in [6, 6.07) is 21.1. The fourth-order valence-electron chi connectivity index (χ4n) is 2.26. The number of hydrogen-bond acceptors (Lipinski definition) is 4. The Hall–Kier alpha value is -3.47. The van der Waals surface area contributed by atoms with Crippen LogP contribution in [0.5, 0.6) is 11.5 Å². The monoisotopic (exact) mass is 350 g/mol. The first-order valence-corrected chi connectivity index (χ1v) is 7.91. The number of carbonyl (C=O) groups is 2. The summed E-state index contributed by atoms with van der Waals surface area (Å²) in [7, 11) is 0. The van der Waals surface area contributed by atoms with E-state index in [1.807, 2.05) is 30.3 Å². The second kappa shape index (κ2) is 8.07. The van der Waals surface area contributed by atoms with Crippen LogP contribution in [0.2, 0.25) is 0 Å². The van der Waals surface area contributed by atoms with Gasteiger partial charge >= 0.3 is 5.97 Å². The average molecular weight is 350 g/mol. The lowest BCUT2D eigenvalue weighted by atomic mass is 10.1. The van der Waals surface area contributed by atoms with Crippen LogP contribution in [-0.2, 0) is 4.74 Å². The van der Waals surface area contributed by atoms with Crippen molar-refractivity contribution in [3.63, 3.8) is 0 Å². The van der Waals surface area contributed by atoms with Crippen molar-refractivity contribution in [2.45, 2.75) is 0 Å². The number of rotatable bonds is 6. The van der Waals surface area contributed by atoms with Gasteiger partial charge in [0.25, 0.3) is 0 Å². The largest absolute Gasteiger partial charge is 0.457 e. The van der Waals surface area contributed by atoms with Gasteiger partial charge in [-0.1, -0.05) is 30.3 Å². The highest BCUT2D eigenvalue weighted by Gasteiger charge is 2.14. The maximum atomic E-state index is 13.5. The molecule has 3 aromatic carbocycles. The van der Waals surface area contributed by atoms with Crippen molar-refractivity contribution >= 4 is 11.8 Å². The molecule has 0 saturated carbocycles. The van der Waals surface area contributed by atoms with E-state index in [4.69, 9.17) is 9.47 Å². The topological polar surface area (TPSA) is 52.6 Å². The average Bonchev–Trinajstić information content (AvgIpc) is 2.67. The Labute approximate surface area is 149 Å². The molecule has 3 rings (SSSR count). The third-order valence-electron chi connectivity index (χ3n) is 3.58. The number of carbonyl (C=O) groups excluding carboxylic acids is 2. The maximum Gasteiger partial charge on any atom is 0.338 e. The Bertz CT molecular complexity index is 905. The molecule has 0 amide bonds. The number of ketones is 1. The minimum absolute atomic E-state index is 0.105. The molecule has 3 aromatic rings. The van der Waals surface area contributed by atoms with Crippen molar-refractivity contribution in [3.05, 3.63) is 95.8 Å². The van der Waals surface area contributed by atoms with Crippen LogP contribution in [0.15, 0.2) is 78.9 Å². The number of Topliss-reactive ketones (excluding diaryl/α,β-unsaturated/α-hetero) is 1. The van der Waals surface area contributed by atoms with Crippen molar-refractivity contribution in [2.24, 2.45) is 0 Å². The Kier molecular flexibility index (Phi) is 5.39. The van der Waals surface area contributed by atoms with Crippen molar-refractivity contribution in [1.82, 2.24) is 0 Å². The zero-order valence-electron chi connectivity index (χ0n) is 13.7. The molecule has 0 fully saturated rings. The van der Waals surface area contributed by atoms with Gasteiger partial charge in [-0.15, -0.1) is 0 Å². The predicted octanol–water partition coefficient (Wildman–Crippen LogP) is 4.66. The molecule has 0 radical (unpaired) electrons. The zero-order valence-corrected chi connectivity index (χ0v) is 13.7. The van der Waals surface area contributed by atoms with Crippen LogP contribution in [-0.4, -0.2) is 18.4 Å². The fraction of sp³-hybridized carbons (Fsp3) is 0.0476. The minimum atomic E-state index is -0.666. The van der Waals surface area contributed by atoms with Gasteiger partial charge in [0.2, 0.25) is 5.78 Å². The number of benzene rings is 3. The molecule has 0 aliphatic rings. The minimum Gasteiger partial charge on any atom is -0.457 e. The predicted molar refractivity (Wildman–Crippen MR) is 94.0 cm³/mol. The molecule has 4 nitrogen and oxygen atoms in total. The lowest BCUT2D eigenvalue weighted by molar-refractivity contribution is 0.0473. The third-order valence-corrected chi connectivity index (χ3v) is 3.58. The van der Waals surface area contributed by atoms with E-state index in [1.54, 1.807) is 18.2 Å². The smallest absolute Gasteiger partial charge is 0.338 e. The molecular weight excluding hydrogens is 335 g/mol. The molecule has 0 aliphatic carbocycles. The number of ether oxygens (including phenoxy) is 2. The van der Waals surface area contributed by atoms with Gasteiger partial charge in [-0.25, -0.2) is 9.18 Å². The van der Waals surface area contributed by atoms with Gasteiger partial charge in [0.1, 0.15) is 17.3 Å². The van der Waals surface area contributed by atoms with E-state index in [1.165, 1.54) is 30.3 Å². The lowest BCUT2D eigenvalue weighted by Crippen LogP contribution is -2.15. The van der Waals surface area contributed by atoms with E-state index in [2.05, 4.69) is 0 Å². The van der Waals surface area contributed by atoms with E-state index >= 15 is 0 Å². The molecule has 0 N–H and O–H groups in total. The van der Waals surface area contributed by atoms with Crippen LogP contribution in [0, 0.1) is 5.82 Å². The Morgan fingerprint density at radius 2 is 1.38 bits per heavy atom. The van der Waals surface area contributed by atoms with Crippen LogP contribution >= 0.6 is 0 Å². The van der Waals surface area contributed by atoms with Crippen LogP contribution in [0.25, 0.3) is 0 Å².